The maximum Gasteiger partial charge on any atom is 0.315 e. The van der Waals surface area contributed by atoms with Gasteiger partial charge in [-0.15, -0.1) is 0 Å². The fourth-order valence-corrected chi connectivity index (χ4v) is 1.37. The number of hydrogen-bond donors (Lipinski definition) is 2. The number of halogens is 1. The highest BCUT2D eigenvalue weighted by Crippen LogP contribution is 2.16. The Labute approximate surface area is 92.0 Å². The molecule has 1 atom stereocenters. The number of carbonyl (C=O) groups is 1. The molecule has 0 fully saturated rings. The summed E-state index contributed by atoms with van der Waals surface area (Å²) in [6.07, 6.45) is 0. The smallest absolute Gasteiger partial charge is 0.315 e. The van der Waals surface area contributed by atoms with Crippen LogP contribution in [-0.4, -0.2) is 13.1 Å². The first-order valence-corrected chi connectivity index (χ1v) is 5.16. The fourth-order valence-electron chi connectivity index (χ4n) is 1.10. The first-order valence-electron chi connectivity index (χ1n) is 4.37. The quantitative estimate of drug-likeness (QED) is 0.839. The van der Waals surface area contributed by atoms with Crippen molar-refractivity contribution in [1.29, 1.82) is 0 Å². The molecular weight excluding hydrogens is 244 g/mol. The van der Waals surface area contributed by atoms with Crippen LogP contribution in [0.25, 0.3) is 0 Å². The van der Waals surface area contributed by atoms with E-state index in [4.69, 9.17) is 0 Å². The van der Waals surface area contributed by atoms with Crippen molar-refractivity contribution < 1.29 is 4.79 Å². The lowest BCUT2D eigenvalue weighted by Gasteiger charge is -2.13. The molecule has 14 heavy (non-hydrogen) atoms. The molecular formula is C10H13BrN2O. The number of urea groups is 1. The Balaban J connectivity index is 2.65. The summed E-state index contributed by atoms with van der Waals surface area (Å²) in [5, 5.41) is 5.32. The van der Waals surface area contributed by atoms with Crippen molar-refractivity contribution >= 4 is 22.0 Å². The summed E-state index contributed by atoms with van der Waals surface area (Å²) in [5.41, 5.74) is 1.08. The van der Waals surface area contributed by atoms with Gasteiger partial charge >= 0.3 is 6.03 Å². The van der Waals surface area contributed by atoms with Gasteiger partial charge in [-0.3, -0.25) is 0 Å². The van der Waals surface area contributed by atoms with Gasteiger partial charge in [0.05, 0.1) is 6.04 Å². The van der Waals surface area contributed by atoms with Crippen molar-refractivity contribution in [3.05, 3.63) is 34.3 Å². The Morgan fingerprint density at radius 2 is 1.93 bits per heavy atom. The van der Waals surface area contributed by atoms with Gasteiger partial charge in [0.25, 0.3) is 0 Å². The lowest BCUT2D eigenvalue weighted by Crippen LogP contribution is -2.34. The monoisotopic (exact) mass is 256 g/mol. The summed E-state index contributed by atoms with van der Waals surface area (Å²) in [4.78, 5) is 11.0. The number of carbonyl (C=O) groups excluding carboxylic acids is 1. The molecule has 0 aliphatic heterocycles. The van der Waals surface area contributed by atoms with E-state index in [1.54, 1.807) is 7.05 Å². The zero-order valence-corrected chi connectivity index (χ0v) is 9.76. The second kappa shape index (κ2) is 5.00. The van der Waals surface area contributed by atoms with Crippen LogP contribution in [0.1, 0.15) is 18.5 Å². The number of nitrogens with one attached hydrogen (secondary N) is 2. The van der Waals surface area contributed by atoms with Gasteiger partial charge in [-0.05, 0) is 24.6 Å². The lowest BCUT2D eigenvalue weighted by molar-refractivity contribution is 0.240. The van der Waals surface area contributed by atoms with Crippen molar-refractivity contribution in [2.45, 2.75) is 13.0 Å². The standard InChI is InChI=1S/C10H13BrN2O/c1-7(13-10(14)12-2)8-3-5-9(11)6-4-8/h3-7H,1-2H3,(H2,12,13,14)/t7-/m1/s1. The van der Waals surface area contributed by atoms with E-state index in [0.717, 1.165) is 10.0 Å². The summed E-state index contributed by atoms with van der Waals surface area (Å²) >= 11 is 3.36. The molecule has 1 aromatic rings. The number of amides is 2. The molecule has 2 N–H and O–H groups in total. The molecule has 3 nitrogen and oxygen atoms in total. The van der Waals surface area contributed by atoms with Crippen LogP contribution < -0.4 is 10.6 Å². The van der Waals surface area contributed by atoms with E-state index < -0.39 is 0 Å². The van der Waals surface area contributed by atoms with Gasteiger partial charge in [0, 0.05) is 11.5 Å². The minimum atomic E-state index is -0.166. The highest BCUT2D eigenvalue weighted by Gasteiger charge is 2.06. The lowest BCUT2D eigenvalue weighted by atomic mass is 10.1. The maximum absolute atomic E-state index is 11.0. The second-order valence-electron chi connectivity index (χ2n) is 3.00. The maximum atomic E-state index is 11.0. The molecule has 0 saturated carbocycles. The topological polar surface area (TPSA) is 41.1 Å². The van der Waals surface area contributed by atoms with Crippen molar-refractivity contribution in [3.8, 4) is 0 Å². The van der Waals surface area contributed by atoms with E-state index in [-0.39, 0.29) is 12.1 Å². The highest BCUT2D eigenvalue weighted by molar-refractivity contribution is 9.10. The molecule has 0 aromatic heterocycles. The third kappa shape index (κ3) is 3.03. The van der Waals surface area contributed by atoms with Crippen molar-refractivity contribution in [2.75, 3.05) is 7.05 Å². The average molecular weight is 257 g/mol. The summed E-state index contributed by atoms with van der Waals surface area (Å²) in [5.74, 6) is 0. The summed E-state index contributed by atoms with van der Waals surface area (Å²) in [7, 11) is 1.60. The number of benzene rings is 1. The Morgan fingerprint density at radius 1 is 1.36 bits per heavy atom. The van der Waals surface area contributed by atoms with Crippen molar-refractivity contribution in [2.24, 2.45) is 0 Å². The molecule has 0 aliphatic rings. The molecule has 2 amide bonds. The molecule has 0 unspecified atom stereocenters. The van der Waals surface area contributed by atoms with E-state index in [0.29, 0.717) is 0 Å². The molecule has 1 rings (SSSR count). The van der Waals surface area contributed by atoms with Crippen LogP contribution in [0, 0.1) is 0 Å². The molecule has 4 heteroatoms. The average Bonchev–Trinajstić information content (AvgIpc) is 2.18. The Bertz CT molecular complexity index is 310. The van der Waals surface area contributed by atoms with Crippen LogP contribution in [0.3, 0.4) is 0 Å². The highest BCUT2D eigenvalue weighted by atomic mass is 79.9. The van der Waals surface area contributed by atoms with Gasteiger partial charge in [-0.2, -0.15) is 0 Å². The van der Waals surface area contributed by atoms with Crippen LogP contribution >= 0.6 is 15.9 Å². The molecule has 76 valence electrons. The largest absolute Gasteiger partial charge is 0.341 e. The van der Waals surface area contributed by atoms with Gasteiger partial charge in [0.15, 0.2) is 0 Å². The van der Waals surface area contributed by atoms with Crippen LogP contribution in [0.5, 0.6) is 0 Å². The predicted molar refractivity (Wildman–Crippen MR) is 60.1 cm³/mol. The first-order chi connectivity index (χ1) is 6.63. The van der Waals surface area contributed by atoms with E-state index in [1.165, 1.54) is 0 Å². The second-order valence-corrected chi connectivity index (χ2v) is 3.91. The van der Waals surface area contributed by atoms with E-state index in [9.17, 15) is 4.79 Å². The van der Waals surface area contributed by atoms with Gasteiger partial charge in [0.1, 0.15) is 0 Å². The Kier molecular flexibility index (Phi) is 3.95. The van der Waals surface area contributed by atoms with Crippen LogP contribution in [0.2, 0.25) is 0 Å². The number of hydrogen-bond acceptors (Lipinski definition) is 1. The fraction of sp³-hybridized carbons (Fsp3) is 0.300. The van der Waals surface area contributed by atoms with Crippen molar-refractivity contribution in [3.63, 3.8) is 0 Å². The molecule has 0 saturated heterocycles. The van der Waals surface area contributed by atoms with Gasteiger partial charge < -0.3 is 10.6 Å². The van der Waals surface area contributed by atoms with E-state index in [2.05, 4.69) is 26.6 Å². The summed E-state index contributed by atoms with van der Waals surface area (Å²) in [6.45, 7) is 1.94. The molecule has 0 spiro atoms. The third-order valence-electron chi connectivity index (χ3n) is 1.94. The van der Waals surface area contributed by atoms with Gasteiger partial charge in [0.2, 0.25) is 0 Å². The van der Waals surface area contributed by atoms with Crippen molar-refractivity contribution in [1.82, 2.24) is 10.6 Å². The zero-order chi connectivity index (χ0) is 10.6. The Hall–Kier alpha value is -1.03. The zero-order valence-electron chi connectivity index (χ0n) is 8.17. The van der Waals surface area contributed by atoms with Crippen LogP contribution in [0.4, 0.5) is 4.79 Å². The van der Waals surface area contributed by atoms with Crippen LogP contribution in [0.15, 0.2) is 28.7 Å². The molecule has 0 radical (unpaired) electrons. The first kappa shape index (κ1) is 11.0. The normalized spacial score (nSPS) is 11.9. The molecule has 1 aromatic carbocycles. The molecule has 0 bridgehead atoms. The summed E-state index contributed by atoms with van der Waals surface area (Å²) < 4.78 is 1.04. The van der Waals surface area contributed by atoms with Gasteiger partial charge in [-0.1, -0.05) is 28.1 Å². The Morgan fingerprint density at radius 3 is 2.43 bits per heavy atom. The summed E-state index contributed by atoms with van der Waals surface area (Å²) in [6, 6.07) is 7.72. The SMILES string of the molecule is CNC(=O)N[C@H](C)c1ccc(Br)cc1. The minimum Gasteiger partial charge on any atom is -0.341 e. The molecule has 0 heterocycles. The minimum absolute atomic E-state index is 0.0167. The van der Waals surface area contributed by atoms with E-state index in [1.807, 2.05) is 31.2 Å². The van der Waals surface area contributed by atoms with Crippen LogP contribution in [-0.2, 0) is 0 Å². The predicted octanol–water partition coefficient (Wildman–Crippen LogP) is 2.44. The van der Waals surface area contributed by atoms with Gasteiger partial charge in [-0.25, -0.2) is 4.79 Å². The van der Waals surface area contributed by atoms with E-state index >= 15 is 0 Å². The molecule has 0 aliphatic carbocycles. The number of rotatable bonds is 2. The third-order valence-corrected chi connectivity index (χ3v) is 2.47.